The molecular formula is C11H8N2OS. The predicted octanol–water partition coefficient (Wildman–Crippen LogP) is 2.43. The van der Waals surface area contributed by atoms with Crippen LogP contribution in [0.25, 0.3) is 6.08 Å². The van der Waals surface area contributed by atoms with Gasteiger partial charge in [-0.3, -0.25) is 9.78 Å². The maximum absolute atomic E-state index is 11.5. The fourth-order valence-corrected chi connectivity index (χ4v) is 1.61. The molecule has 3 nitrogen and oxygen atoms in total. The molecule has 4 heteroatoms. The highest BCUT2D eigenvalue weighted by atomic mass is 32.1. The predicted molar refractivity (Wildman–Crippen MR) is 59.7 cm³/mol. The van der Waals surface area contributed by atoms with Crippen molar-refractivity contribution in [2.45, 2.75) is 0 Å². The van der Waals surface area contributed by atoms with Crippen LogP contribution in [0.3, 0.4) is 0 Å². The molecule has 0 amide bonds. The third-order valence-electron chi connectivity index (χ3n) is 1.80. The Hall–Kier alpha value is -1.81. The van der Waals surface area contributed by atoms with Gasteiger partial charge in [0.2, 0.25) is 5.78 Å². The van der Waals surface area contributed by atoms with E-state index < -0.39 is 0 Å². The summed E-state index contributed by atoms with van der Waals surface area (Å²) in [5, 5.41) is 1.73. The molecule has 0 spiro atoms. The molecule has 2 heterocycles. The van der Waals surface area contributed by atoms with Crippen LogP contribution in [0, 0.1) is 0 Å². The molecule has 0 fully saturated rings. The van der Waals surface area contributed by atoms with Gasteiger partial charge in [-0.2, -0.15) is 0 Å². The Kier molecular flexibility index (Phi) is 2.99. The summed E-state index contributed by atoms with van der Waals surface area (Å²) in [5.74, 6) is -0.0832. The van der Waals surface area contributed by atoms with Crippen LogP contribution in [-0.4, -0.2) is 15.8 Å². The van der Waals surface area contributed by atoms with E-state index in [1.165, 1.54) is 17.4 Å². The molecule has 2 rings (SSSR count). The normalized spacial score (nSPS) is 10.7. The number of carbonyl (C=O) groups excluding carboxylic acids is 1. The van der Waals surface area contributed by atoms with E-state index in [4.69, 9.17) is 0 Å². The Balaban J connectivity index is 2.10. The minimum atomic E-state index is -0.0832. The van der Waals surface area contributed by atoms with Gasteiger partial charge in [-0.05, 0) is 23.8 Å². The van der Waals surface area contributed by atoms with Crippen LogP contribution >= 0.6 is 11.3 Å². The van der Waals surface area contributed by atoms with Crippen molar-refractivity contribution in [2.75, 3.05) is 0 Å². The first-order valence-corrected chi connectivity index (χ1v) is 5.31. The van der Waals surface area contributed by atoms with Crippen molar-refractivity contribution in [3.63, 3.8) is 0 Å². The maximum Gasteiger partial charge on any atom is 0.205 e. The van der Waals surface area contributed by atoms with E-state index in [2.05, 4.69) is 9.97 Å². The average Bonchev–Trinajstić information content (AvgIpc) is 2.81. The number of hydrogen-bond donors (Lipinski definition) is 0. The van der Waals surface area contributed by atoms with Gasteiger partial charge < -0.3 is 0 Å². The summed E-state index contributed by atoms with van der Waals surface area (Å²) in [6, 6.07) is 3.71. The lowest BCUT2D eigenvalue weighted by Crippen LogP contribution is -1.93. The molecule has 0 aliphatic carbocycles. The largest absolute Gasteiger partial charge is 0.288 e. The van der Waals surface area contributed by atoms with Gasteiger partial charge in [0.05, 0.1) is 5.51 Å². The van der Waals surface area contributed by atoms with Gasteiger partial charge in [0.15, 0.2) is 0 Å². The molecule has 2 aromatic rings. The van der Waals surface area contributed by atoms with Crippen LogP contribution < -0.4 is 0 Å². The summed E-state index contributed by atoms with van der Waals surface area (Å²) in [6.07, 6.45) is 6.63. The van der Waals surface area contributed by atoms with E-state index in [0.29, 0.717) is 5.69 Å². The maximum atomic E-state index is 11.5. The summed E-state index contributed by atoms with van der Waals surface area (Å²) in [7, 11) is 0. The van der Waals surface area contributed by atoms with E-state index in [-0.39, 0.29) is 5.78 Å². The summed E-state index contributed by atoms with van der Waals surface area (Å²) in [4.78, 5) is 19.4. The van der Waals surface area contributed by atoms with Gasteiger partial charge >= 0.3 is 0 Å². The molecule has 0 radical (unpaired) electrons. The molecule has 0 N–H and O–H groups in total. The average molecular weight is 216 g/mol. The van der Waals surface area contributed by atoms with Crippen LogP contribution in [0.2, 0.25) is 0 Å². The van der Waals surface area contributed by atoms with E-state index in [9.17, 15) is 4.79 Å². The number of thiazole rings is 1. The topological polar surface area (TPSA) is 42.9 Å². The number of nitrogens with zero attached hydrogens (tertiary/aromatic N) is 2. The second-order valence-electron chi connectivity index (χ2n) is 2.86. The lowest BCUT2D eigenvalue weighted by Gasteiger charge is -1.90. The highest BCUT2D eigenvalue weighted by molar-refractivity contribution is 7.07. The number of hydrogen-bond acceptors (Lipinski definition) is 4. The first-order chi connectivity index (χ1) is 7.36. The van der Waals surface area contributed by atoms with Crippen molar-refractivity contribution in [1.29, 1.82) is 0 Å². The highest BCUT2D eigenvalue weighted by Gasteiger charge is 2.02. The molecule has 2 aromatic heterocycles. The molecule has 0 aliphatic rings. The molecular weight excluding hydrogens is 208 g/mol. The molecule has 15 heavy (non-hydrogen) atoms. The number of aromatic nitrogens is 2. The van der Waals surface area contributed by atoms with Crippen molar-refractivity contribution in [3.8, 4) is 0 Å². The Morgan fingerprint density at radius 3 is 3.07 bits per heavy atom. The Bertz CT molecular complexity index is 463. The zero-order valence-corrected chi connectivity index (χ0v) is 8.65. The van der Waals surface area contributed by atoms with Gasteiger partial charge in [-0.15, -0.1) is 11.3 Å². The molecule has 0 bridgehead atoms. The van der Waals surface area contributed by atoms with Gasteiger partial charge in [0, 0.05) is 17.8 Å². The molecule has 0 saturated carbocycles. The van der Waals surface area contributed by atoms with Gasteiger partial charge in [0.1, 0.15) is 5.69 Å². The molecule has 0 aliphatic heterocycles. The zero-order valence-electron chi connectivity index (χ0n) is 7.83. The second-order valence-corrected chi connectivity index (χ2v) is 3.58. The molecule has 74 valence electrons. The number of allylic oxidation sites excluding steroid dienone is 1. The summed E-state index contributed by atoms with van der Waals surface area (Å²) in [6.45, 7) is 0. The van der Waals surface area contributed by atoms with E-state index in [1.807, 2.05) is 12.1 Å². The number of pyridine rings is 1. The fourth-order valence-electron chi connectivity index (χ4n) is 1.07. The van der Waals surface area contributed by atoms with Gasteiger partial charge in [0.25, 0.3) is 0 Å². The van der Waals surface area contributed by atoms with Crippen LogP contribution in [0.1, 0.15) is 16.1 Å². The lowest BCUT2D eigenvalue weighted by molar-refractivity contribution is 0.104. The van der Waals surface area contributed by atoms with E-state index >= 15 is 0 Å². The monoisotopic (exact) mass is 216 g/mol. The fraction of sp³-hybridized carbons (Fsp3) is 0. The lowest BCUT2D eigenvalue weighted by atomic mass is 10.2. The van der Waals surface area contributed by atoms with E-state index in [1.54, 1.807) is 29.4 Å². The molecule has 0 atom stereocenters. The number of carbonyl (C=O) groups is 1. The third-order valence-corrected chi connectivity index (χ3v) is 2.38. The quantitative estimate of drug-likeness (QED) is 0.584. The molecule has 0 saturated heterocycles. The SMILES string of the molecule is O=C(C=Cc1cccnc1)c1cscn1. The van der Waals surface area contributed by atoms with Crippen LogP contribution in [-0.2, 0) is 0 Å². The van der Waals surface area contributed by atoms with Crippen molar-refractivity contribution in [1.82, 2.24) is 9.97 Å². The molecule has 0 aromatic carbocycles. The van der Waals surface area contributed by atoms with Crippen molar-refractivity contribution in [3.05, 3.63) is 52.8 Å². The molecule has 0 unspecified atom stereocenters. The minimum absolute atomic E-state index is 0.0832. The Labute approximate surface area is 91.1 Å². The van der Waals surface area contributed by atoms with Crippen molar-refractivity contribution >= 4 is 23.2 Å². The van der Waals surface area contributed by atoms with Gasteiger partial charge in [-0.25, -0.2) is 4.98 Å². The number of rotatable bonds is 3. The summed E-state index contributed by atoms with van der Waals surface area (Å²) < 4.78 is 0. The van der Waals surface area contributed by atoms with E-state index in [0.717, 1.165) is 5.56 Å². The van der Waals surface area contributed by atoms with Gasteiger partial charge in [-0.1, -0.05) is 6.07 Å². The zero-order chi connectivity index (χ0) is 10.5. The summed E-state index contributed by atoms with van der Waals surface area (Å²) >= 11 is 1.41. The minimum Gasteiger partial charge on any atom is -0.288 e. The Morgan fingerprint density at radius 2 is 2.40 bits per heavy atom. The smallest absolute Gasteiger partial charge is 0.205 e. The first kappa shape index (κ1) is 9.73. The second kappa shape index (κ2) is 4.61. The standard InChI is InChI=1S/C11H8N2OS/c14-11(10-7-15-8-13-10)4-3-9-2-1-5-12-6-9/h1-8H. The third kappa shape index (κ3) is 2.57. The summed E-state index contributed by atoms with van der Waals surface area (Å²) in [5.41, 5.74) is 3.03. The Morgan fingerprint density at radius 1 is 1.47 bits per heavy atom. The highest BCUT2D eigenvalue weighted by Crippen LogP contribution is 2.05. The first-order valence-electron chi connectivity index (χ1n) is 4.37. The van der Waals surface area contributed by atoms with Crippen molar-refractivity contribution < 1.29 is 4.79 Å². The van der Waals surface area contributed by atoms with Crippen molar-refractivity contribution in [2.24, 2.45) is 0 Å². The number of ketones is 1. The van der Waals surface area contributed by atoms with Crippen LogP contribution in [0.4, 0.5) is 0 Å². The van der Waals surface area contributed by atoms with Crippen LogP contribution in [0.15, 0.2) is 41.5 Å². The van der Waals surface area contributed by atoms with Crippen LogP contribution in [0.5, 0.6) is 0 Å².